The third kappa shape index (κ3) is 3.00. The number of rotatable bonds is 3. The molecule has 0 saturated carbocycles. The van der Waals surface area contributed by atoms with Crippen LogP contribution in [0.1, 0.15) is 32.1 Å². The maximum atomic E-state index is 12.5. The summed E-state index contributed by atoms with van der Waals surface area (Å²) in [6, 6.07) is -0.885. The molecule has 0 bridgehead atoms. The van der Waals surface area contributed by atoms with E-state index in [1.165, 1.54) is 4.90 Å². The van der Waals surface area contributed by atoms with Gasteiger partial charge in [-0.2, -0.15) is 0 Å². The van der Waals surface area contributed by atoms with Gasteiger partial charge < -0.3 is 15.1 Å². The first kappa shape index (κ1) is 14.6. The Bertz CT molecular complexity index is 445. The summed E-state index contributed by atoms with van der Waals surface area (Å²) in [7, 11) is 0. The van der Waals surface area contributed by atoms with Crippen LogP contribution >= 0.6 is 0 Å². The maximum absolute atomic E-state index is 12.5. The van der Waals surface area contributed by atoms with Crippen molar-refractivity contribution >= 4 is 17.8 Å². The first-order valence-electron chi connectivity index (χ1n) is 6.91. The number of aliphatic carboxylic acids is 2. The van der Waals surface area contributed by atoms with Gasteiger partial charge in [0, 0.05) is 12.5 Å². The van der Waals surface area contributed by atoms with Gasteiger partial charge in [-0.15, -0.1) is 0 Å². The Morgan fingerprint density at radius 1 is 0.950 bits per heavy atom. The Morgan fingerprint density at radius 3 is 2.25 bits per heavy atom. The van der Waals surface area contributed by atoms with Crippen LogP contribution in [-0.4, -0.2) is 45.5 Å². The number of carbonyl (C=O) groups excluding carboxylic acids is 1. The summed E-state index contributed by atoms with van der Waals surface area (Å²) in [6.45, 7) is 0.00531. The highest BCUT2D eigenvalue weighted by atomic mass is 16.4. The molecule has 0 aromatic rings. The van der Waals surface area contributed by atoms with Crippen LogP contribution < -0.4 is 0 Å². The first-order chi connectivity index (χ1) is 9.50. The lowest BCUT2D eigenvalue weighted by molar-refractivity contribution is -0.159. The zero-order chi connectivity index (χ0) is 14.7. The molecule has 110 valence electrons. The number of hydrogen-bond donors (Lipinski definition) is 2. The highest BCUT2D eigenvalue weighted by molar-refractivity contribution is 5.86. The first-order valence-corrected chi connectivity index (χ1v) is 6.91. The van der Waals surface area contributed by atoms with E-state index in [1.54, 1.807) is 0 Å². The van der Waals surface area contributed by atoms with Crippen LogP contribution in [0.2, 0.25) is 0 Å². The fourth-order valence-corrected chi connectivity index (χ4v) is 2.93. The van der Waals surface area contributed by atoms with Crippen LogP contribution in [-0.2, 0) is 14.4 Å². The smallest absolute Gasteiger partial charge is 0.326 e. The molecule has 3 atom stereocenters. The summed E-state index contributed by atoms with van der Waals surface area (Å²) < 4.78 is 0. The van der Waals surface area contributed by atoms with E-state index in [1.807, 2.05) is 12.2 Å². The Labute approximate surface area is 117 Å². The van der Waals surface area contributed by atoms with Crippen molar-refractivity contribution in [1.29, 1.82) is 0 Å². The third-order valence-electron chi connectivity index (χ3n) is 4.12. The SMILES string of the molecule is O=C(O)[C@@H]1CC[C@@H](C(=O)O)N(C(=O)[C@@H]2CC=CCC2)C1. The average Bonchev–Trinajstić information content (AvgIpc) is 2.46. The third-order valence-corrected chi connectivity index (χ3v) is 4.12. The summed E-state index contributed by atoms with van der Waals surface area (Å²) in [4.78, 5) is 36.1. The van der Waals surface area contributed by atoms with Crippen molar-refractivity contribution in [3.8, 4) is 0 Å². The molecule has 0 spiro atoms. The van der Waals surface area contributed by atoms with E-state index < -0.39 is 23.9 Å². The fraction of sp³-hybridized carbons (Fsp3) is 0.643. The number of hydrogen-bond acceptors (Lipinski definition) is 3. The van der Waals surface area contributed by atoms with Gasteiger partial charge in [-0.05, 0) is 32.1 Å². The van der Waals surface area contributed by atoms with Gasteiger partial charge in [0.2, 0.25) is 5.91 Å². The van der Waals surface area contributed by atoms with Crippen LogP contribution in [0.4, 0.5) is 0 Å². The molecule has 1 aliphatic carbocycles. The van der Waals surface area contributed by atoms with Crippen molar-refractivity contribution in [3.63, 3.8) is 0 Å². The highest BCUT2D eigenvalue weighted by Crippen LogP contribution is 2.28. The molecule has 0 unspecified atom stereocenters. The number of carboxylic acids is 2. The van der Waals surface area contributed by atoms with E-state index in [2.05, 4.69) is 0 Å². The lowest BCUT2D eigenvalue weighted by Crippen LogP contribution is -2.53. The molecule has 0 radical (unpaired) electrons. The van der Waals surface area contributed by atoms with Gasteiger partial charge >= 0.3 is 11.9 Å². The summed E-state index contributed by atoms with van der Waals surface area (Å²) in [5.74, 6) is -3.10. The van der Waals surface area contributed by atoms with Gasteiger partial charge in [0.25, 0.3) is 0 Å². The molecule has 6 nitrogen and oxygen atoms in total. The van der Waals surface area contributed by atoms with Crippen LogP contribution in [0.5, 0.6) is 0 Å². The van der Waals surface area contributed by atoms with Crippen molar-refractivity contribution in [2.75, 3.05) is 6.54 Å². The van der Waals surface area contributed by atoms with E-state index in [9.17, 15) is 19.5 Å². The second-order valence-corrected chi connectivity index (χ2v) is 5.44. The Morgan fingerprint density at radius 2 is 1.70 bits per heavy atom. The molecule has 0 aromatic heterocycles. The Balaban J connectivity index is 2.13. The molecule has 2 N–H and O–H groups in total. The Hall–Kier alpha value is -1.85. The number of amides is 1. The topological polar surface area (TPSA) is 94.9 Å². The summed E-state index contributed by atoms with van der Waals surface area (Å²) in [6.07, 6.45) is 6.58. The predicted octanol–water partition coefficient (Wildman–Crippen LogP) is 1.12. The molecule has 1 aliphatic heterocycles. The van der Waals surface area contributed by atoms with Gasteiger partial charge in [0.15, 0.2) is 0 Å². The molecule has 20 heavy (non-hydrogen) atoms. The quantitative estimate of drug-likeness (QED) is 0.756. The van der Waals surface area contributed by atoms with Crippen molar-refractivity contribution < 1.29 is 24.6 Å². The minimum atomic E-state index is -1.05. The highest BCUT2D eigenvalue weighted by Gasteiger charge is 2.40. The molecule has 6 heteroatoms. The number of carbonyl (C=O) groups is 3. The molecule has 2 aliphatic rings. The van der Waals surface area contributed by atoms with Gasteiger partial charge in [0.1, 0.15) is 6.04 Å². The van der Waals surface area contributed by atoms with Crippen molar-refractivity contribution in [1.82, 2.24) is 4.90 Å². The zero-order valence-electron chi connectivity index (χ0n) is 11.2. The summed E-state index contributed by atoms with van der Waals surface area (Å²) >= 11 is 0. The number of nitrogens with zero attached hydrogens (tertiary/aromatic N) is 1. The van der Waals surface area contributed by atoms with Crippen molar-refractivity contribution in [2.24, 2.45) is 11.8 Å². The average molecular weight is 281 g/mol. The molecule has 1 amide bonds. The molecule has 0 aromatic carbocycles. The largest absolute Gasteiger partial charge is 0.481 e. The minimum Gasteiger partial charge on any atom is -0.481 e. The van der Waals surface area contributed by atoms with E-state index in [0.29, 0.717) is 19.3 Å². The molecular formula is C14H19NO5. The molecule has 1 fully saturated rings. The van der Waals surface area contributed by atoms with Gasteiger partial charge in [-0.3, -0.25) is 9.59 Å². The monoisotopic (exact) mass is 281 g/mol. The van der Waals surface area contributed by atoms with E-state index >= 15 is 0 Å². The number of allylic oxidation sites excluding steroid dienone is 2. The lowest BCUT2D eigenvalue weighted by atomic mass is 9.88. The van der Waals surface area contributed by atoms with E-state index in [-0.39, 0.29) is 24.8 Å². The zero-order valence-corrected chi connectivity index (χ0v) is 11.2. The standard InChI is InChI=1S/C14H19NO5/c16-12(9-4-2-1-3-5-9)15-8-10(13(17)18)6-7-11(15)14(19)20/h1-2,9-11H,3-8H2,(H,17,18)(H,19,20)/t9-,10-,11+/m1/s1. The van der Waals surface area contributed by atoms with E-state index in [0.717, 1.165) is 6.42 Å². The van der Waals surface area contributed by atoms with Crippen LogP contribution in [0.15, 0.2) is 12.2 Å². The van der Waals surface area contributed by atoms with Crippen LogP contribution in [0.3, 0.4) is 0 Å². The maximum Gasteiger partial charge on any atom is 0.326 e. The summed E-state index contributed by atoms with van der Waals surface area (Å²) in [5, 5.41) is 18.3. The van der Waals surface area contributed by atoms with Gasteiger partial charge in [0.05, 0.1) is 5.92 Å². The second kappa shape index (κ2) is 6.07. The number of carboxylic acid groups (broad SMARTS) is 2. The lowest BCUT2D eigenvalue weighted by Gasteiger charge is -2.38. The fourth-order valence-electron chi connectivity index (χ4n) is 2.93. The molecule has 2 rings (SSSR count). The van der Waals surface area contributed by atoms with Gasteiger partial charge in [-0.25, -0.2) is 4.79 Å². The van der Waals surface area contributed by atoms with Crippen LogP contribution in [0, 0.1) is 11.8 Å². The second-order valence-electron chi connectivity index (χ2n) is 5.44. The van der Waals surface area contributed by atoms with Gasteiger partial charge in [-0.1, -0.05) is 12.2 Å². The minimum absolute atomic E-state index is 0.00531. The molecule has 1 heterocycles. The normalized spacial score (nSPS) is 30.0. The van der Waals surface area contributed by atoms with Crippen molar-refractivity contribution in [3.05, 3.63) is 12.2 Å². The summed E-state index contributed by atoms with van der Waals surface area (Å²) in [5.41, 5.74) is 0. The van der Waals surface area contributed by atoms with Crippen molar-refractivity contribution in [2.45, 2.75) is 38.1 Å². The predicted molar refractivity (Wildman–Crippen MR) is 70.0 cm³/mol. The number of piperidine rings is 1. The molecule has 1 saturated heterocycles. The van der Waals surface area contributed by atoms with Crippen LogP contribution in [0.25, 0.3) is 0 Å². The number of likely N-dealkylation sites (tertiary alicyclic amines) is 1. The molecular weight excluding hydrogens is 262 g/mol. The Kier molecular flexibility index (Phi) is 4.42. The van der Waals surface area contributed by atoms with E-state index in [4.69, 9.17) is 5.11 Å².